The maximum absolute atomic E-state index is 12.0. The molecule has 0 radical (unpaired) electrons. The second-order valence-corrected chi connectivity index (χ2v) is 5.25. The number of carbonyl (C=O) groups excluding carboxylic acids is 1. The summed E-state index contributed by atoms with van der Waals surface area (Å²) < 4.78 is 10.4. The van der Waals surface area contributed by atoms with Gasteiger partial charge in [-0.3, -0.25) is 9.20 Å². The molecule has 0 aliphatic rings. The molecule has 8 heteroatoms. The zero-order chi connectivity index (χ0) is 15.5. The summed E-state index contributed by atoms with van der Waals surface area (Å²) in [6, 6.07) is 6.61. The molecule has 112 valence electrons. The number of nitrogens with zero attached hydrogens (tertiary/aromatic N) is 4. The molecular weight excluding hydrogens is 304 g/mol. The molecule has 0 fully saturated rings. The smallest absolute Gasteiger partial charge is 0.352 e. The van der Waals surface area contributed by atoms with Crippen molar-refractivity contribution in [2.24, 2.45) is 0 Å². The van der Waals surface area contributed by atoms with Gasteiger partial charge in [0.05, 0.1) is 11.4 Å². The first-order valence-corrected chi connectivity index (χ1v) is 7.42. The fourth-order valence-corrected chi connectivity index (χ4v) is 2.62. The summed E-state index contributed by atoms with van der Waals surface area (Å²) in [5, 5.41) is 3.86. The van der Waals surface area contributed by atoms with Crippen molar-refractivity contribution in [2.45, 2.75) is 20.0 Å². The van der Waals surface area contributed by atoms with E-state index in [1.54, 1.807) is 24.4 Å². The Morgan fingerprint density at radius 1 is 1.41 bits per heavy atom. The van der Waals surface area contributed by atoms with Crippen molar-refractivity contribution in [1.82, 2.24) is 19.0 Å². The summed E-state index contributed by atoms with van der Waals surface area (Å²) >= 11 is 1.00. The number of aromatic nitrogens is 4. The first kappa shape index (κ1) is 14.3. The minimum Gasteiger partial charge on any atom is -0.455 e. The third-order valence-corrected chi connectivity index (χ3v) is 3.80. The number of hydrogen-bond acceptors (Lipinski definition) is 7. The standard InChI is InChI=1S/C14H12N4O3S/c1-2-10-13(22-17-16-10)14(20)21-8-9-7-12(19)18-6-4-3-5-11(18)15-9/h3-7H,2,8H2,1H3. The monoisotopic (exact) mass is 316 g/mol. The van der Waals surface area contributed by atoms with E-state index in [2.05, 4.69) is 14.6 Å². The van der Waals surface area contributed by atoms with Crippen LogP contribution in [-0.2, 0) is 17.8 Å². The first-order chi connectivity index (χ1) is 10.7. The van der Waals surface area contributed by atoms with Gasteiger partial charge in [0.1, 0.15) is 12.3 Å². The van der Waals surface area contributed by atoms with Gasteiger partial charge in [0.25, 0.3) is 5.56 Å². The van der Waals surface area contributed by atoms with Crippen molar-refractivity contribution >= 4 is 23.1 Å². The molecular formula is C14H12N4O3S. The molecule has 0 spiro atoms. The van der Waals surface area contributed by atoms with Crippen molar-refractivity contribution in [3.05, 3.63) is 57.1 Å². The minimum absolute atomic E-state index is 0.0689. The van der Waals surface area contributed by atoms with Crippen LogP contribution in [0.15, 0.2) is 35.3 Å². The Labute approximate surface area is 129 Å². The normalized spacial score (nSPS) is 10.8. The average Bonchev–Trinajstić information content (AvgIpc) is 3.01. The third kappa shape index (κ3) is 2.73. The van der Waals surface area contributed by atoms with E-state index in [1.807, 2.05) is 6.92 Å². The summed E-state index contributed by atoms with van der Waals surface area (Å²) in [7, 11) is 0. The Morgan fingerprint density at radius 3 is 3.09 bits per heavy atom. The third-order valence-electron chi connectivity index (χ3n) is 3.05. The molecule has 0 unspecified atom stereocenters. The fourth-order valence-electron chi connectivity index (χ4n) is 1.98. The lowest BCUT2D eigenvalue weighted by Crippen LogP contribution is -2.16. The summed E-state index contributed by atoms with van der Waals surface area (Å²) in [5.74, 6) is -0.498. The van der Waals surface area contributed by atoms with Crippen LogP contribution in [0.25, 0.3) is 5.65 Å². The molecule has 0 N–H and O–H groups in total. The van der Waals surface area contributed by atoms with Gasteiger partial charge in [-0.15, -0.1) is 5.10 Å². The summed E-state index contributed by atoms with van der Waals surface area (Å²) in [6.45, 7) is 1.82. The summed E-state index contributed by atoms with van der Waals surface area (Å²) in [5.41, 5.74) is 1.31. The highest BCUT2D eigenvalue weighted by Crippen LogP contribution is 2.13. The van der Waals surface area contributed by atoms with Crippen molar-refractivity contribution < 1.29 is 9.53 Å². The molecule has 3 rings (SSSR count). The summed E-state index contributed by atoms with van der Waals surface area (Å²) in [6.07, 6.45) is 2.24. The molecule has 0 aliphatic carbocycles. The van der Waals surface area contributed by atoms with E-state index in [4.69, 9.17) is 4.74 Å². The Balaban J connectivity index is 1.79. The minimum atomic E-state index is -0.498. The zero-order valence-corrected chi connectivity index (χ0v) is 12.5. The van der Waals surface area contributed by atoms with E-state index in [0.29, 0.717) is 28.3 Å². The topological polar surface area (TPSA) is 86.5 Å². The Bertz CT molecular complexity index is 887. The number of esters is 1. The predicted octanol–water partition coefficient (Wildman–Crippen LogP) is 1.47. The van der Waals surface area contributed by atoms with E-state index in [-0.39, 0.29) is 12.2 Å². The van der Waals surface area contributed by atoms with E-state index in [1.165, 1.54) is 10.5 Å². The van der Waals surface area contributed by atoms with Gasteiger partial charge in [-0.05, 0) is 30.1 Å². The highest BCUT2D eigenvalue weighted by molar-refractivity contribution is 7.07. The van der Waals surface area contributed by atoms with Crippen LogP contribution in [0.3, 0.4) is 0 Å². The highest BCUT2D eigenvalue weighted by atomic mass is 32.1. The van der Waals surface area contributed by atoms with Gasteiger partial charge in [0.2, 0.25) is 0 Å². The van der Waals surface area contributed by atoms with Crippen LogP contribution >= 0.6 is 11.5 Å². The van der Waals surface area contributed by atoms with Crippen LogP contribution in [0.2, 0.25) is 0 Å². The Morgan fingerprint density at radius 2 is 2.27 bits per heavy atom. The van der Waals surface area contributed by atoms with Crippen LogP contribution in [0.1, 0.15) is 28.0 Å². The van der Waals surface area contributed by atoms with Crippen LogP contribution in [0, 0.1) is 0 Å². The SMILES string of the molecule is CCc1nnsc1C(=O)OCc1cc(=O)n2ccccc2n1. The molecule has 0 saturated heterocycles. The number of aryl methyl sites for hydroxylation is 1. The molecule has 3 aromatic heterocycles. The van der Waals surface area contributed by atoms with Crippen LogP contribution in [0.5, 0.6) is 0 Å². The number of carbonyl (C=O) groups is 1. The number of hydrogen-bond donors (Lipinski definition) is 0. The second-order valence-electron chi connectivity index (χ2n) is 4.49. The van der Waals surface area contributed by atoms with Gasteiger partial charge in [0.15, 0.2) is 4.88 Å². The van der Waals surface area contributed by atoms with Gasteiger partial charge in [-0.1, -0.05) is 17.5 Å². The maximum atomic E-state index is 12.0. The van der Waals surface area contributed by atoms with Crippen molar-refractivity contribution in [2.75, 3.05) is 0 Å². The van der Waals surface area contributed by atoms with E-state index < -0.39 is 5.97 Å². The largest absolute Gasteiger partial charge is 0.455 e. The number of fused-ring (bicyclic) bond motifs is 1. The van der Waals surface area contributed by atoms with Crippen LogP contribution < -0.4 is 5.56 Å². The molecule has 0 aromatic carbocycles. The number of ether oxygens (including phenoxy) is 1. The Kier molecular flexibility index (Phi) is 3.92. The molecule has 7 nitrogen and oxygen atoms in total. The van der Waals surface area contributed by atoms with Gasteiger partial charge in [-0.25, -0.2) is 9.78 Å². The first-order valence-electron chi connectivity index (χ1n) is 6.64. The molecule has 22 heavy (non-hydrogen) atoms. The molecule has 0 amide bonds. The van der Waals surface area contributed by atoms with Crippen molar-refractivity contribution in [3.8, 4) is 0 Å². The maximum Gasteiger partial charge on any atom is 0.352 e. The predicted molar refractivity (Wildman–Crippen MR) is 79.9 cm³/mol. The lowest BCUT2D eigenvalue weighted by atomic mass is 10.3. The lowest BCUT2D eigenvalue weighted by Gasteiger charge is -2.05. The highest BCUT2D eigenvalue weighted by Gasteiger charge is 2.17. The molecule has 0 saturated carbocycles. The second kappa shape index (κ2) is 6.02. The number of rotatable bonds is 4. The zero-order valence-electron chi connectivity index (χ0n) is 11.7. The van der Waals surface area contributed by atoms with Gasteiger partial charge >= 0.3 is 5.97 Å². The molecule has 3 heterocycles. The average molecular weight is 316 g/mol. The van der Waals surface area contributed by atoms with Crippen molar-refractivity contribution in [3.63, 3.8) is 0 Å². The fraction of sp³-hybridized carbons (Fsp3) is 0.214. The molecule has 0 atom stereocenters. The van der Waals surface area contributed by atoms with E-state index >= 15 is 0 Å². The van der Waals surface area contributed by atoms with E-state index in [9.17, 15) is 9.59 Å². The van der Waals surface area contributed by atoms with Gasteiger partial charge < -0.3 is 4.74 Å². The Hall–Kier alpha value is -2.61. The molecule has 0 aliphatic heterocycles. The van der Waals surface area contributed by atoms with Gasteiger partial charge in [0, 0.05) is 12.3 Å². The van der Waals surface area contributed by atoms with Crippen LogP contribution in [0.4, 0.5) is 0 Å². The lowest BCUT2D eigenvalue weighted by molar-refractivity contribution is 0.0472. The number of pyridine rings is 1. The summed E-state index contributed by atoms with van der Waals surface area (Å²) in [4.78, 5) is 28.6. The van der Waals surface area contributed by atoms with E-state index in [0.717, 1.165) is 11.5 Å². The van der Waals surface area contributed by atoms with Crippen molar-refractivity contribution in [1.29, 1.82) is 0 Å². The molecule has 3 aromatic rings. The molecule has 0 bridgehead atoms. The van der Waals surface area contributed by atoms with Gasteiger partial charge in [-0.2, -0.15) is 0 Å². The quantitative estimate of drug-likeness (QED) is 0.677. The van der Waals surface area contributed by atoms with Crippen LogP contribution in [-0.4, -0.2) is 24.9 Å².